The van der Waals surface area contributed by atoms with Crippen LogP contribution in [-0.2, 0) is 5.33 Å². The average molecular weight is 246 g/mol. The Balaban J connectivity index is 2.43. The third-order valence-electron chi connectivity index (χ3n) is 2.31. The Labute approximate surface area is 86.1 Å². The van der Waals surface area contributed by atoms with Crippen molar-refractivity contribution < 1.29 is 0 Å². The third kappa shape index (κ3) is 1.53. The molecular formula is C10H10BrCl. The highest BCUT2D eigenvalue weighted by molar-refractivity contribution is 9.08. The second-order valence-electron chi connectivity index (χ2n) is 3.22. The number of hydrogen-bond acceptors (Lipinski definition) is 0. The summed E-state index contributed by atoms with van der Waals surface area (Å²) in [5.41, 5.74) is 2.72. The lowest BCUT2D eigenvalue weighted by atomic mass is 10.1. The lowest BCUT2D eigenvalue weighted by molar-refractivity contribution is 1.09. The van der Waals surface area contributed by atoms with E-state index in [9.17, 15) is 0 Å². The predicted octanol–water partition coefficient (Wildman–Crippen LogP) is 4.11. The van der Waals surface area contributed by atoms with Gasteiger partial charge < -0.3 is 0 Å². The van der Waals surface area contributed by atoms with Gasteiger partial charge in [-0.1, -0.05) is 39.7 Å². The quantitative estimate of drug-likeness (QED) is 0.688. The zero-order valence-electron chi connectivity index (χ0n) is 6.69. The first kappa shape index (κ1) is 8.58. The molecule has 1 aliphatic rings. The van der Waals surface area contributed by atoms with Crippen LogP contribution in [0.2, 0.25) is 5.02 Å². The normalized spacial score (nSPS) is 16.5. The van der Waals surface area contributed by atoms with Crippen LogP contribution in [0.4, 0.5) is 0 Å². The van der Waals surface area contributed by atoms with Crippen LogP contribution in [0, 0.1) is 0 Å². The molecule has 1 aromatic rings. The van der Waals surface area contributed by atoms with Crippen LogP contribution in [0.3, 0.4) is 0 Å². The zero-order chi connectivity index (χ0) is 8.55. The number of benzene rings is 1. The molecule has 0 heterocycles. The molecule has 0 aromatic heterocycles. The van der Waals surface area contributed by atoms with E-state index in [4.69, 9.17) is 11.6 Å². The molecule has 0 nitrogen and oxygen atoms in total. The van der Waals surface area contributed by atoms with E-state index in [0.29, 0.717) is 0 Å². The fourth-order valence-electron chi connectivity index (χ4n) is 1.49. The molecule has 1 aromatic carbocycles. The highest BCUT2D eigenvalue weighted by Gasteiger charge is 2.26. The maximum absolute atomic E-state index is 6.07. The van der Waals surface area contributed by atoms with E-state index in [1.165, 1.54) is 24.0 Å². The lowest BCUT2D eigenvalue weighted by Crippen LogP contribution is -1.89. The Morgan fingerprint density at radius 1 is 1.42 bits per heavy atom. The van der Waals surface area contributed by atoms with Crippen LogP contribution in [0.25, 0.3) is 0 Å². The van der Waals surface area contributed by atoms with Gasteiger partial charge >= 0.3 is 0 Å². The maximum Gasteiger partial charge on any atom is 0.0449 e. The molecule has 0 radical (unpaired) electrons. The first-order chi connectivity index (χ1) is 5.83. The number of halogens is 2. The van der Waals surface area contributed by atoms with Crippen molar-refractivity contribution >= 4 is 27.5 Å². The van der Waals surface area contributed by atoms with Crippen molar-refractivity contribution in [3.05, 3.63) is 34.3 Å². The molecular weight excluding hydrogens is 235 g/mol. The Bertz CT molecular complexity index is 292. The summed E-state index contributed by atoms with van der Waals surface area (Å²) in [7, 11) is 0. The van der Waals surface area contributed by atoms with Crippen molar-refractivity contribution in [3.8, 4) is 0 Å². The first-order valence-electron chi connectivity index (χ1n) is 4.16. The van der Waals surface area contributed by atoms with Gasteiger partial charge in [0.2, 0.25) is 0 Å². The van der Waals surface area contributed by atoms with E-state index >= 15 is 0 Å². The van der Waals surface area contributed by atoms with E-state index in [0.717, 1.165) is 16.3 Å². The summed E-state index contributed by atoms with van der Waals surface area (Å²) in [5.74, 6) is 0.788. The highest BCUT2D eigenvalue weighted by atomic mass is 79.9. The van der Waals surface area contributed by atoms with E-state index < -0.39 is 0 Å². The summed E-state index contributed by atoms with van der Waals surface area (Å²) >= 11 is 9.54. The second-order valence-corrected chi connectivity index (χ2v) is 4.18. The lowest BCUT2D eigenvalue weighted by Gasteiger charge is -2.06. The smallest absolute Gasteiger partial charge is 0.0449 e. The summed E-state index contributed by atoms with van der Waals surface area (Å²) in [4.78, 5) is 0. The third-order valence-corrected chi connectivity index (χ3v) is 3.22. The molecule has 0 N–H and O–H groups in total. The summed E-state index contributed by atoms with van der Waals surface area (Å²) in [6.45, 7) is 0. The van der Waals surface area contributed by atoms with Crippen molar-refractivity contribution in [2.75, 3.05) is 0 Å². The van der Waals surface area contributed by atoms with Gasteiger partial charge in [-0.2, -0.15) is 0 Å². The van der Waals surface area contributed by atoms with Gasteiger partial charge in [0.25, 0.3) is 0 Å². The van der Waals surface area contributed by atoms with Crippen LogP contribution in [0.1, 0.15) is 29.9 Å². The minimum Gasteiger partial charge on any atom is -0.0876 e. The topological polar surface area (TPSA) is 0 Å². The predicted molar refractivity (Wildman–Crippen MR) is 56.1 cm³/mol. The zero-order valence-corrected chi connectivity index (χ0v) is 9.03. The molecule has 12 heavy (non-hydrogen) atoms. The Morgan fingerprint density at radius 2 is 2.17 bits per heavy atom. The van der Waals surface area contributed by atoms with Crippen LogP contribution < -0.4 is 0 Å². The van der Waals surface area contributed by atoms with Gasteiger partial charge in [-0.05, 0) is 36.0 Å². The Morgan fingerprint density at radius 3 is 2.75 bits per heavy atom. The van der Waals surface area contributed by atoms with Gasteiger partial charge in [0, 0.05) is 10.4 Å². The molecule has 0 bridgehead atoms. The van der Waals surface area contributed by atoms with Crippen molar-refractivity contribution in [2.24, 2.45) is 0 Å². The molecule has 1 fully saturated rings. The average Bonchev–Trinajstić information content (AvgIpc) is 2.86. The molecule has 0 amide bonds. The monoisotopic (exact) mass is 244 g/mol. The molecule has 0 atom stereocenters. The summed E-state index contributed by atoms with van der Waals surface area (Å²) in [6, 6.07) is 6.20. The van der Waals surface area contributed by atoms with Crippen molar-refractivity contribution in [2.45, 2.75) is 24.1 Å². The van der Waals surface area contributed by atoms with Crippen LogP contribution in [0.5, 0.6) is 0 Å². The standard InChI is InChI=1S/C10H10BrCl/c11-6-9-8(7-4-5-7)2-1-3-10(9)12/h1-3,7H,4-6H2. The van der Waals surface area contributed by atoms with Gasteiger partial charge in [-0.15, -0.1) is 0 Å². The number of rotatable bonds is 2. The minimum absolute atomic E-state index is 0.788. The molecule has 0 saturated heterocycles. The van der Waals surface area contributed by atoms with Gasteiger partial charge in [-0.3, -0.25) is 0 Å². The summed E-state index contributed by atoms with van der Waals surface area (Å²) < 4.78 is 0. The summed E-state index contributed by atoms with van der Waals surface area (Å²) in [5, 5.41) is 1.77. The van der Waals surface area contributed by atoms with Crippen LogP contribution in [-0.4, -0.2) is 0 Å². The van der Waals surface area contributed by atoms with E-state index in [1.807, 2.05) is 12.1 Å². The first-order valence-corrected chi connectivity index (χ1v) is 5.66. The Kier molecular flexibility index (Phi) is 2.42. The van der Waals surface area contributed by atoms with E-state index in [-0.39, 0.29) is 0 Å². The van der Waals surface area contributed by atoms with Gasteiger partial charge in [-0.25, -0.2) is 0 Å². The molecule has 1 aliphatic carbocycles. The molecule has 0 spiro atoms. The van der Waals surface area contributed by atoms with Gasteiger partial charge in [0.05, 0.1) is 0 Å². The van der Waals surface area contributed by atoms with E-state index in [1.54, 1.807) is 0 Å². The van der Waals surface area contributed by atoms with Crippen molar-refractivity contribution in [1.82, 2.24) is 0 Å². The SMILES string of the molecule is Clc1cccc(C2CC2)c1CBr. The summed E-state index contributed by atoms with van der Waals surface area (Å²) in [6.07, 6.45) is 2.67. The molecule has 64 valence electrons. The largest absolute Gasteiger partial charge is 0.0876 e. The molecule has 1 saturated carbocycles. The molecule has 0 unspecified atom stereocenters. The van der Waals surface area contributed by atoms with Gasteiger partial charge in [0.15, 0.2) is 0 Å². The highest BCUT2D eigenvalue weighted by Crippen LogP contribution is 2.43. The minimum atomic E-state index is 0.788. The van der Waals surface area contributed by atoms with Crippen molar-refractivity contribution in [1.29, 1.82) is 0 Å². The van der Waals surface area contributed by atoms with Crippen molar-refractivity contribution in [3.63, 3.8) is 0 Å². The number of alkyl halides is 1. The van der Waals surface area contributed by atoms with Crippen LogP contribution >= 0.6 is 27.5 Å². The second kappa shape index (κ2) is 3.39. The molecule has 2 heteroatoms. The van der Waals surface area contributed by atoms with Gasteiger partial charge in [0.1, 0.15) is 0 Å². The number of hydrogen-bond donors (Lipinski definition) is 0. The fourth-order valence-corrected chi connectivity index (χ4v) is 2.53. The molecule has 2 rings (SSSR count). The van der Waals surface area contributed by atoms with Crippen LogP contribution in [0.15, 0.2) is 18.2 Å². The maximum atomic E-state index is 6.07. The fraction of sp³-hybridized carbons (Fsp3) is 0.400. The Hall–Kier alpha value is -0.0100. The van der Waals surface area contributed by atoms with E-state index in [2.05, 4.69) is 22.0 Å². The molecule has 0 aliphatic heterocycles.